The summed E-state index contributed by atoms with van der Waals surface area (Å²) < 4.78 is 73.0. The van der Waals surface area contributed by atoms with Gasteiger partial charge in [0, 0.05) is 50.7 Å². The number of aliphatic hydroxyl groups is 5. The Morgan fingerprint density at radius 3 is 2.14 bits per heavy atom. The topological polar surface area (TPSA) is 244 Å². The molecule has 5 rings (SSSR count). The molecule has 3 aliphatic rings. The first-order valence-corrected chi connectivity index (χ1v) is 26.6. The van der Waals surface area contributed by atoms with Crippen molar-refractivity contribution in [2.45, 2.75) is 196 Å². The van der Waals surface area contributed by atoms with E-state index in [2.05, 4.69) is 10.6 Å². The molecule has 0 radical (unpaired) electrons. The minimum atomic E-state index is -4.16. The highest BCUT2D eigenvalue weighted by Crippen LogP contribution is 2.43. The van der Waals surface area contributed by atoms with Crippen LogP contribution in [0, 0.1) is 17.8 Å². The number of nitrogens with zero attached hydrogens (tertiary/aromatic N) is 1. The number of sulfonamides is 1. The Bertz CT molecular complexity index is 2140. The summed E-state index contributed by atoms with van der Waals surface area (Å²) in [6.45, 7) is 17.6. The van der Waals surface area contributed by atoms with Crippen LogP contribution in [0.3, 0.4) is 0 Å². The number of carbonyl (C=O) groups excluding carboxylic acids is 1. The van der Waals surface area contributed by atoms with Crippen molar-refractivity contribution in [3.63, 3.8) is 0 Å². The largest absolute Gasteiger partial charge is 0.497 e. The summed E-state index contributed by atoms with van der Waals surface area (Å²) in [4.78, 5) is 14.6. The van der Waals surface area contributed by atoms with Crippen molar-refractivity contribution in [3.05, 3.63) is 59.1 Å². The number of benzene rings is 2. The molecule has 0 unspecified atom stereocenters. The number of nitrogens with one attached hydrogen (secondary N) is 2. The molecule has 3 heterocycles. The molecule has 3 fully saturated rings. The monoisotopic (exact) mass is 1040 g/mol. The number of hydrogen-bond donors (Lipinski definition) is 7. The number of carbonyl (C=O) groups is 1. The van der Waals surface area contributed by atoms with E-state index in [9.17, 15) is 38.7 Å². The van der Waals surface area contributed by atoms with Gasteiger partial charge in [-0.25, -0.2) is 8.42 Å². The zero-order valence-electron chi connectivity index (χ0n) is 43.7. The Morgan fingerprint density at radius 2 is 1.55 bits per heavy atom. The van der Waals surface area contributed by atoms with Crippen molar-refractivity contribution < 1.29 is 71.9 Å². The van der Waals surface area contributed by atoms with E-state index in [1.807, 2.05) is 31.2 Å². The SMILES string of the molecule is CC[C@H]1OC(=O)[C@H](C)[C@@H](O[C@H]2C[C@@](C)(OC)[C@](O)(CNCc3ccc(OC)cc3)[C@H](C)O2)[C@H](C)[C@@H](O[C@@H]2O[C@H](C)C[C@H](N(C)S(=O)(=O)c3ccc(Cl)cc3)[C@H]2O)[C@](C)(O)C[C@@H](C)CN[C@H](C)[C@@H](O)[C@]1(C)O. The highest BCUT2D eigenvalue weighted by Gasteiger charge is 2.58. The van der Waals surface area contributed by atoms with Gasteiger partial charge in [0.25, 0.3) is 0 Å². The standard InChI is InChI=1S/C51H82ClN3O15S/c1-14-40-50(10,60)44(57)33(6)54-26-29(2)24-48(8,59)45(70-47-42(56)39(23-30(3)66-47)55(11)71(62,63)38-21-17-36(52)18-22-38)31(4)43(32(5)46(58)68-40)69-41-25-49(9,65-13)51(61,34(7)67-41)28-53-27-35-15-19-37(64-12)20-16-35/h15-22,29-34,39-45,47,53-54,56-57,59-61H,14,23-28H2,1-13H3/t29-,30-,31+,32-,33-,34+,39+,40-,41+,42-,43+,44-,45-,47+,48-,49-,50-,51+/m1/s1. The maximum atomic E-state index is 14.6. The van der Waals surface area contributed by atoms with Crippen molar-refractivity contribution in [3.8, 4) is 5.75 Å². The van der Waals surface area contributed by atoms with Gasteiger partial charge in [0.2, 0.25) is 10.0 Å². The minimum absolute atomic E-state index is 0.0292. The Labute approximate surface area is 426 Å². The van der Waals surface area contributed by atoms with E-state index in [0.717, 1.165) is 9.87 Å². The van der Waals surface area contributed by atoms with Crippen LogP contribution in [0.5, 0.6) is 5.75 Å². The van der Waals surface area contributed by atoms with Gasteiger partial charge in [0.05, 0.1) is 54.0 Å². The first kappa shape index (κ1) is 59.3. The van der Waals surface area contributed by atoms with Crippen LogP contribution in [-0.2, 0) is 49.8 Å². The van der Waals surface area contributed by atoms with Gasteiger partial charge in [-0.2, -0.15) is 4.31 Å². The second kappa shape index (κ2) is 24.0. The summed E-state index contributed by atoms with van der Waals surface area (Å²) in [6, 6.07) is 11.5. The lowest BCUT2D eigenvalue weighted by atomic mass is 9.75. The maximum absolute atomic E-state index is 14.6. The van der Waals surface area contributed by atoms with E-state index in [4.69, 9.17) is 44.8 Å². The van der Waals surface area contributed by atoms with E-state index in [1.54, 1.807) is 62.5 Å². The quantitative estimate of drug-likeness (QED) is 0.132. The molecule has 20 heteroatoms. The van der Waals surface area contributed by atoms with Crippen molar-refractivity contribution >= 4 is 27.6 Å². The van der Waals surface area contributed by atoms with Crippen LogP contribution in [-0.4, -0.2) is 168 Å². The van der Waals surface area contributed by atoms with Crippen LogP contribution in [0.25, 0.3) is 0 Å². The van der Waals surface area contributed by atoms with Crippen LogP contribution < -0.4 is 15.4 Å². The highest BCUT2D eigenvalue weighted by atomic mass is 35.5. The average Bonchev–Trinajstić information content (AvgIpc) is 3.32. The van der Waals surface area contributed by atoms with Gasteiger partial charge in [-0.15, -0.1) is 0 Å². The second-order valence-electron chi connectivity index (χ2n) is 21.0. The number of aliphatic hydroxyl groups excluding tert-OH is 2. The van der Waals surface area contributed by atoms with E-state index in [1.165, 1.54) is 45.3 Å². The lowest BCUT2D eigenvalue weighted by Gasteiger charge is -2.53. The van der Waals surface area contributed by atoms with Crippen molar-refractivity contribution in [1.82, 2.24) is 14.9 Å². The Kier molecular flexibility index (Phi) is 20.0. The van der Waals surface area contributed by atoms with Gasteiger partial charge in [-0.3, -0.25) is 4.79 Å². The zero-order valence-corrected chi connectivity index (χ0v) is 45.3. The molecule has 3 saturated heterocycles. The fraction of sp³-hybridized carbons (Fsp3) is 0.745. The van der Waals surface area contributed by atoms with E-state index in [0.29, 0.717) is 17.3 Å². The second-order valence-corrected chi connectivity index (χ2v) is 23.4. The highest BCUT2D eigenvalue weighted by molar-refractivity contribution is 7.89. The molecule has 18 atom stereocenters. The number of esters is 1. The molecule has 0 aromatic heterocycles. The lowest BCUT2D eigenvalue weighted by molar-refractivity contribution is -0.336. The fourth-order valence-corrected chi connectivity index (χ4v) is 12.2. The summed E-state index contributed by atoms with van der Waals surface area (Å²) >= 11 is 6.08. The average molecular weight is 1040 g/mol. The molecule has 0 spiro atoms. The van der Waals surface area contributed by atoms with Gasteiger partial charge in [-0.05, 0) is 122 Å². The van der Waals surface area contributed by atoms with Crippen LogP contribution in [0.1, 0.15) is 100 Å². The molecule has 2 aromatic rings. The van der Waals surface area contributed by atoms with Crippen molar-refractivity contribution in [1.29, 1.82) is 0 Å². The molecule has 404 valence electrons. The summed E-state index contributed by atoms with van der Waals surface area (Å²) in [5, 5.41) is 67.7. The normalized spacial score (nSPS) is 40.4. The molecule has 0 bridgehead atoms. The fourth-order valence-electron chi connectivity index (χ4n) is 10.7. The third kappa shape index (κ3) is 13.3. The Hall–Kier alpha value is -2.57. The van der Waals surface area contributed by atoms with Gasteiger partial charge in [0.15, 0.2) is 12.6 Å². The molecule has 2 aromatic carbocycles. The summed E-state index contributed by atoms with van der Waals surface area (Å²) in [5.74, 6) is -2.52. The molecular formula is C51H82ClN3O15S. The third-order valence-electron chi connectivity index (χ3n) is 15.4. The van der Waals surface area contributed by atoms with Gasteiger partial charge < -0.3 is 69.3 Å². The van der Waals surface area contributed by atoms with E-state index < -0.39 is 118 Å². The van der Waals surface area contributed by atoms with E-state index in [-0.39, 0.29) is 49.6 Å². The Morgan fingerprint density at radius 1 is 0.915 bits per heavy atom. The maximum Gasteiger partial charge on any atom is 0.311 e. The number of halogens is 1. The molecule has 7 N–H and O–H groups in total. The van der Waals surface area contributed by atoms with Crippen LogP contribution in [0.4, 0.5) is 0 Å². The van der Waals surface area contributed by atoms with Crippen molar-refractivity contribution in [2.75, 3.05) is 34.4 Å². The van der Waals surface area contributed by atoms with Crippen LogP contribution in [0.15, 0.2) is 53.4 Å². The molecule has 0 saturated carbocycles. The number of cyclic esters (lactones) is 1. The molecule has 0 amide bonds. The minimum Gasteiger partial charge on any atom is -0.497 e. The summed E-state index contributed by atoms with van der Waals surface area (Å²) in [5.41, 5.74) is -5.61. The number of rotatable bonds is 14. The predicted molar refractivity (Wildman–Crippen MR) is 266 cm³/mol. The first-order chi connectivity index (χ1) is 33.1. The zero-order chi connectivity index (χ0) is 53.0. The third-order valence-corrected chi connectivity index (χ3v) is 17.5. The summed E-state index contributed by atoms with van der Waals surface area (Å²) in [7, 11) is 0.292. The predicted octanol–water partition coefficient (Wildman–Crippen LogP) is 4.14. The summed E-state index contributed by atoms with van der Waals surface area (Å²) in [6.07, 6.45) is -10.5. The first-order valence-electron chi connectivity index (χ1n) is 24.8. The molecule has 18 nitrogen and oxygen atoms in total. The number of hydrogen-bond acceptors (Lipinski definition) is 17. The molecule has 71 heavy (non-hydrogen) atoms. The van der Waals surface area contributed by atoms with Crippen molar-refractivity contribution in [2.24, 2.45) is 17.8 Å². The molecule has 0 aliphatic carbocycles. The molecule has 3 aliphatic heterocycles. The van der Waals surface area contributed by atoms with Gasteiger partial charge in [-0.1, -0.05) is 44.5 Å². The van der Waals surface area contributed by atoms with Crippen LogP contribution >= 0.6 is 11.6 Å². The Balaban J connectivity index is 1.53. The molecular weight excluding hydrogens is 962 g/mol. The number of ether oxygens (including phenoxy) is 7. The van der Waals surface area contributed by atoms with Gasteiger partial charge >= 0.3 is 5.97 Å². The van der Waals surface area contributed by atoms with Crippen LogP contribution in [0.2, 0.25) is 5.02 Å². The van der Waals surface area contributed by atoms with Gasteiger partial charge in [0.1, 0.15) is 40.9 Å². The lowest BCUT2D eigenvalue weighted by Crippen LogP contribution is -2.70. The number of likely N-dealkylation sites (N-methyl/N-ethyl adjacent to an activating group) is 1. The number of methoxy groups -OCH3 is 2. The van der Waals surface area contributed by atoms with E-state index >= 15 is 0 Å². The smallest absolute Gasteiger partial charge is 0.311 e.